The Bertz CT molecular complexity index is 1680. The Morgan fingerprint density at radius 2 is 1.74 bits per heavy atom. The van der Waals surface area contributed by atoms with Crippen molar-refractivity contribution in [2.75, 3.05) is 13.1 Å². The van der Waals surface area contributed by atoms with Crippen molar-refractivity contribution in [1.82, 2.24) is 15.5 Å². The number of carbonyl (C=O) groups excluding carboxylic acids is 3. The van der Waals surface area contributed by atoms with E-state index in [0.29, 0.717) is 11.1 Å². The maximum absolute atomic E-state index is 13.2. The highest BCUT2D eigenvalue weighted by Gasteiger charge is 2.41. The van der Waals surface area contributed by atoms with Gasteiger partial charge in [-0.15, -0.1) is 11.3 Å². The number of ether oxygens (including phenoxy) is 1. The molecule has 1 aliphatic heterocycles. The fourth-order valence-electron chi connectivity index (χ4n) is 5.11. The summed E-state index contributed by atoms with van der Waals surface area (Å²) in [5.41, 5.74) is 6.40. The molecule has 5 N–H and O–H groups in total. The first-order chi connectivity index (χ1) is 20.1. The van der Waals surface area contributed by atoms with Crippen LogP contribution in [0.3, 0.4) is 0 Å². The number of rotatable bonds is 9. The Kier molecular flexibility index (Phi) is 8.46. The molecule has 0 spiro atoms. The molecule has 218 valence electrons. The number of carbonyl (C=O) groups is 3. The lowest BCUT2D eigenvalue weighted by atomic mass is 10.0. The molecule has 0 bridgehead atoms. The fraction of sp³-hybridized carbons (Fsp3) is 0.267. The quantitative estimate of drug-likeness (QED) is 0.131. The molecule has 4 aromatic rings. The summed E-state index contributed by atoms with van der Waals surface area (Å²) in [6.07, 6.45) is -1.17. The molecule has 0 unspecified atom stereocenters. The molecule has 0 saturated carbocycles. The van der Waals surface area contributed by atoms with Gasteiger partial charge in [0.25, 0.3) is 5.91 Å². The van der Waals surface area contributed by atoms with Gasteiger partial charge in [-0.3, -0.25) is 19.8 Å². The first-order valence-electron chi connectivity index (χ1n) is 13.3. The van der Waals surface area contributed by atoms with Crippen LogP contribution in [0.5, 0.6) is 0 Å². The minimum absolute atomic E-state index is 0.102. The van der Waals surface area contributed by atoms with Gasteiger partial charge in [-0.2, -0.15) is 8.78 Å². The van der Waals surface area contributed by atoms with Gasteiger partial charge < -0.3 is 26.0 Å². The molecule has 42 heavy (non-hydrogen) atoms. The van der Waals surface area contributed by atoms with Crippen molar-refractivity contribution in [3.05, 3.63) is 82.0 Å². The monoisotopic (exact) mass is 593 g/mol. The predicted molar refractivity (Wildman–Crippen MR) is 157 cm³/mol. The molecule has 9 nitrogen and oxygen atoms in total. The largest absolute Gasteiger partial charge is 0.384 e. The van der Waals surface area contributed by atoms with Gasteiger partial charge in [0.15, 0.2) is 0 Å². The van der Waals surface area contributed by atoms with Gasteiger partial charge in [0.2, 0.25) is 11.8 Å². The summed E-state index contributed by atoms with van der Waals surface area (Å²) in [5, 5.41) is 18.6. The molecule has 1 fully saturated rings. The molecule has 12 heteroatoms. The van der Waals surface area contributed by atoms with Crippen molar-refractivity contribution < 1.29 is 27.9 Å². The number of amidine groups is 1. The number of amides is 3. The summed E-state index contributed by atoms with van der Waals surface area (Å²) >= 11 is 1.31. The van der Waals surface area contributed by atoms with Crippen LogP contribution < -0.4 is 16.4 Å². The number of hydrogen-bond acceptors (Lipinski definition) is 6. The first kappa shape index (κ1) is 29.1. The van der Waals surface area contributed by atoms with Crippen LogP contribution in [-0.4, -0.2) is 60.3 Å². The number of fused-ring (bicyclic) bond motifs is 2. The van der Waals surface area contributed by atoms with Crippen LogP contribution >= 0.6 is 11.3 Å². The van der Waals surface area contributed by atoms with Gasteiger partial charge in [-0.1, -0.05) is 30.3 Å². The van der Waals surface area contributed by atoms with Crippen molar-refractivity contribution in [3.8, 4) is 0 Å². The summed E-state index contributed by atoms with van der Waals surface area (Å²) in [6.45, 7) is -1.98. The molecule has 5 rings (SSSR count). The summed E-state index contributed by atoms with van der Waals surface area (Å²) < 4.78 is 30.6. The Hall–Kier alpha value is -4.42. The van der Waals surface area contributed by atoms with Gasteiger partial charge in [0, 0.05) is 34.3 Å². The van der Waals surface area contributed by atoms with E-state index in [1.165, 1.54) is 11.3 Å². The third kappa shape index (κ3) is 6.39. The third-order valence-corrected chi connectivity index (χ3v) is 8.38. The number of thiophene rings is 1. The van der Waals surface area contributed by atoms with Gasteiger partial charge in [-0.25, -0.2) is 0 Å². The highest BCUT2D eigenvalue weighted by molar-refractivity contribution is 7.10. The number of halogens is 2. The number of hydrogen-bond donors (Lipinski definition) is 4. The SMILES string of the molecule is C[C@@H](NC(=O)[C@@H]1C[C@@H](OC(F)F)CN1C(=O)CNC(=O)c1ccc2cc3ccccc3cc2c1)c1cc(C(=N)N)cs1. The maximum atomic E-state index is 13.2. The van der Waals surface area contributed by atoms with E-state index in [2.05, 4.69) is 15.4 Å². The molecule has 1 aliphatic rings. The van der Waals surface area contributed by atoms with Gasteiger partial charge in [-0.05, 0) is 58.8 Å². The lowest BCUT2D eigenvalue weighted by Crippen LogP contribution is -2.49. The van der Waals surface area contributed by atoms with E-state index >= 15 is 0 Å². The number of nitrogens with zero attached hydrogens (tertiary/aromatic N) is 1. The zero-order valence-corrected chi connectivity index (χ0v) is 23.4. The molecule has 0 aliphatic carbocycles. The van der Waals surface area contributed by atoms with E-state index < -0.39 is 49.1 Å². The number of nitrogens with one attached hydrogen (secondary N) is 3. The van der Waals surface area contributed by atoms with Gasteiger partial charge in [0.1, 0.15) is 11.9 Å². The molecule has 0 radical (unpaired) electrons. The standard InChI is InChI=1S/C30H29F2N5O4S/c1-16(25-11-22(15-42-25)27(33)34)36-29(40)24-12-23(41-30(31)32)14-37(24)26(38)13-35-28(39)20-7-6-19-8-17-4-2-3-5-18(17)9-21(19)10-20/h2-11,15-16,23-24,30H,12-14H2,1H3,(H3,33,34)(H,35,39)(H,36,40)/t16-,23-,24+/m1/s1. The van der Waals surface area contributed by atoms with Crippen LogP contribution in [-0.2, 0) is 14.3 Å². The Morgan fingerprint density at radius 1 is 1.05 bits per heavy atom. The summed E-state index contributed by atoms with van der Waals surface area (Å²) in [7, 11) is 0. The highest BCUT2D eigenvalue weighted by Crippen LogP contribution is 2.26. The van der Waals surface area contributed by atoms with E-state index in [4.69, 9.17) is 11.1 Å². The second kappa shape index (κ2) is 12.2. The molecular weight excluding hydrogens is 564 g/mol. The van der Waals surface area contributed by atoms with Crippen LogP contribution in [0.15, 0.2) is 66.0 Å². The molecular formula is C30H29F2N5O4S. The van der Waals surface area contributed by atoms with E-state index in [9.17, 15) is 23.2 Å². The Labute approximate surface area is 244 Å². The van der Waals surface area contributed by atoms with Gasteiger partial charge >= 0.3 is 6.61 Å². The smallest absolute Gasteiger partial charge is 0.345 e. The van der Waals surface area contributed by atoms with Crippen molar-refractivity contribution in [1.29, 1.82) is 5.41 Å². The third-order valence-electron chi connectivity index (χ3n) is 7.26. The topological polar surface area (TPSA) is 138 Å². The fourth-order valence-corrected chi connectivity index (χ4v) is 6.02. The second-order valence-corrected chi connectivity index (χ2v) is 11.1. The molecule has 3 amide bonds. The average Bonchev–Trinajstić information content (AvgIpc) is 3.62. The average molecular weight is 594 g/mol. The van der Waals surface area contributed by atoms with Crippen molar-refractivity contribution in [2.45, 2.75) is 38.1 Å². The molecule has 1 aromatic heterocycles. The number of alkyl halides is 2. The number of benzene rings is 3. The molecule has 1 saturated heterocycles. The molecule has 3 atom stereocenters. The molecule has 2 heterocycles. The summed E-state index contributed by atoms with van der Waals surface area (Å²) in [6, 6.07) is 17.3. The van der Waals surface area contributed by atoms with Crippen molar-refractivity contribution in [3.63, 3.8) is 0 Å². The predicted octanol–water partition coefficient (Wildman–Crippen LogP) is 4.15. The van der Waals surface area contributed by atoms with Crippen LogP contribution in [0, 0.1) is 5.41 Å². The van der Waals surface area contributed by atoms with E-state index in [-0.39, 0.29) is 18.8 Å². The normalized spacial score (nSPS) is 17.5. The maximum Gasteiger partial charge on any atom is 0.345 e. The van der Waals surface area contributed by atoms with E-state index in [1.54, 1.807) is 30.5 Å². The van der Waals surface area contributed by atoms with Crippen molar-refractivity contribution in [2.24, 2.45) is 5.73 Å². The number of nitrogens with two attached hydrogens (primary N) is 1. The summed E-state index contributed by atoms with van der Waals surface area (Å²) in [5.74, 6) is -1.72. The first-order valence-corrected chi connectivity index (χ1v) is 14.1. The number of likely N-dealkylation sites (tertiary alicyclic amines) is 1. The van der Waals surface area contributed by atoms with Gasteiger partial charge in [0.05, 0.1) is 18.7 Å². The van der Waals surface area contributed by atoms with Crippen molar-refractivity contribution >= 4 is 56.4 Å². The molecule has 3 aromatic carbocycles. The van der Waals surface area contributed by atoms with Crippen LogP contribution in [0.4, 0.5) is 8.78 Å². The number of nitrogen functional groups attached to an aromatic ring is 1. The zero-order valence-electron chi connectivity index (χ0n) is 22.6. The lowest BCUT2D eigenvalue weighted by molar-refractivity contribution is -0.160. The van der Waals surface area contributed by atoms with E-state index in [0.717, 1.165) is 31.3 Å². The highest BCUT2D eigenvalue weighted by atomic mass is 32.1. The Morgan fingerprint density at radius 3 is 2.40 bits per heavy atom. The lowest BCUT2D eigenvalue weighted by Gasteiger charge is -2.25. The van der Waals surface area contributed by atoms with Crippen LogP contribution in [0.1, 0.15) is 40.2 Å². The summed E-state index contributed by atoms with van der Waals surface area (Å²) in [4.78, 5) is 41.2. The Balaban J connectivity index is 1.26. The minimum atomic E-state index is -3.06. The minimum Gasteiger partial charge on any atom is -0.384 e. The zero-order chi connectivity index (χ0) is 30.0. The van der Waals surface area contributed by atoms with Crippen LogP contribution in [0.2, 0.25) is 0 Å². The van der Waals surface area contributed by atoms with E-state index in [1.807, 2.05) is 42.5 Å². The van der Waals surface area contributed by atoms with Crippen LogP contribution in [0.25, 0.3) is 21.5 Å². The second-order valence-electron chi connectivity index (χ2n) is 10.1.